The van der Waals surface area contributed by atoms with Gasteiger partial charge >= 0.3 is 0 Å². The van der Waals surface area contributed by atoms with Gasteiger partial charge in [0, 0.05) is 12.3 Å². The third-order valence-corrected chi connectivity index (χ3v) is 6.04. The molecule has 1 aliphatic rings. The van der Waals surface area contributed by atoms with E-state index in [1.807, 2.05) is 30.3 Å². The van der Waals surface area contributed by atoms with Crippen LogP contribution in [-0.2, 0) is 4.74 Å². The number of hydrogen-bond acceptors (Lipinski definition) is 2. The maximum Gasteiger partial charge on any atom is 0.190 e. The van der Waals surface area contributed by atoms with Crippen LogP contribution in [0.25, 0.3) is 0 Å². The lowest BCUT2D eigenvalue weighted by atomic mass is 9.73. The van der Waals surface area contributed by atoms with Crippen LogP contribution in [0, 0.1) is 17.3 Å². The first kappa shape index (κ1) is 27.7. The number of ether oxygens (including phenoxy) is 2. The average molecular weight is 450 g/mol. The fraction of sp³-hybridized carbons (Fsp3) is 0.630. The van der Waals surface area contributed by atoms with Gasteiger partial charge in [0.1, 0.15) is 12.4 Å². The van der Waals surface area contributed by atoms with Crippen LogP contribution in [0.2, 0.25) is 0 Å². The molecule has 0 aliphatic heterocycles. The topological polar surface area (TPSA) is 18.5 Å². The second-order valence-corrected chi connectivity index (χ2v) is 10.4. The SMILES string of the molecule is CC(C)CC1=CCC(CC(C)C)(C[N+](C)(C)C(C)OCCOc2ccccc2)C=C1.[Cl-]. The average Bonchev–Trinajstić information content (AvgIpc) is 2.66. The second kappa shape index (κ2) is 12.7. The van der Waals surface area contributed by atoms with Crippen molar-refractivity contribution in [3.8, 4) is 5.75 Å². The van der Waals surface area contributed by atoms with Crippen molar-refractivity contribution >= 4 is 0 Å². The number of halogens is 1. The smallest absolute Gasteiger partial charge is 0.190 e. The molecule has 0 fully saturated rings. The summed E-state index contributed by atoms with van der Waals surface area (Å²) < 4.78 is 12.8. The Labute approximate surface area is 197 Å². The maximum absolute atomic E-state index is 6.20. The summed E-state index contributed by atoms with van der Waals surface area (Å²) in [5.41, 5.74) is 1.70. The van der Waals surface area contributed by atoms with Crippen LogP contribution in [-0.4, -0.2) is 44.6 Å². The molecule has 0 saturated carbocycles. The van der Waals surface area contributed by atoms with Gasteiger partial charge in [-0.1, -0.05) is 69.7 Å². The number of benzene rings is 1. The Balaban J connectivity index is 0.00000480. The third-order valence-electron chi connectivity index (χ3n) is 6.04. The zero-order valence-electron chi connectivity index (χ0n) is 20.7. The van der Waals surface area contributed by atoms with E-state index in [0.29, 0.717) is 25.0 Å². The summed E-state index contributed by atoms with van der Waals surface area (Å²) >= 11 is 0. The molecule has 1 aromatic rings. The second-order valence-electron chi connectivity index (χ2n) is 10.4. The molecule has 0 bridgehead atoms. The largest absolute Gasteiger partial charge is 1.00 e. The molecule has 2 atom stereocenters. The maximum atomic E-state index is 6.20. The molecule has 0 N–H and O–H groups in total. The van der Waals surface area contributed by atoms with Crippen LogP contribution >= 0.6 is 0 Å². The van der Waals surface area contributed by atoms with E-state index in [-0.39, 0.29) is 24.0 Å². The Morgan fingerprint density at radius 1 is 0.968 bits per heavy atom. The molecule has 1 aromatic carbocycles. The number of quaternary nitrogens is 1. The highest BCUT2D eigenvalue weighted by atomic mass is 35.5. The Morgan fingerprint density at radius 3 is 2.19 bits per heavy atom. The van der Waals surface area contributed by atoms with Gasteiger partial charge in [-0.05, 0) is 43.2 Å². The molecule has 0 radical (unpaired) electrons. The van der Waals surface area contributed by atoms with Crippen molar-refractivity contribution in [2.45, 2.75) is 60.1 Å². The molecule has 0 saturated heterocycles. The van der Waals surface area contributed by atoms with Crippen molar-refractivity contribution in [2.75, 3.05) is 33.9 Å². The van der Waals surface area contributed by atoms with Crippen molar-refractivity contribution in [3.63, 3.8) is 0 Å². The van der Waals surface area contributed by atoms with Gasteiger partial charge in [-0.15, -0.1) is 0 Å². The van der Waals surface area contributed by atoms with E-state index in [4.69, 9.17) is 9.47 Å². The number of rotatable bonds is 12. The number of hydrogen-bond donors (Lipinski definition) is 0. The highest BCUT2D eigenvalue weighted by Crippen LogP contribution is 2.39. The van der Waals surface area contributed by atoms with Gasteiger partial charge in [0.15, 0.2) is 6.23 Å². The van der Waals surface area contributed by atoms with E-state index in [0.717, 1.165) is 23.2 Å². The molecular weight excluding hydrogens is 406 g/mol. The fourth-order valence-corrected chi connectivity index (χ4v) is 4.56. The standard InChI is InChI=1S/C27H44NO2.ClH/c1-22(2)19-25-13-15-27(16-14-25,20-23(3)4)21-28(6,7)24(5)29-17-18-30-26-11-9-8-10-12-26;/h8-15,22-24H,16-21H2,1-7H3;1H/q+1;/p-1. The molecule has 31 heavy (non-hydrogen) atoms. The van der Waals surface area contributed by atoms with E-state index in [2.05, 4.69) is 66.9 Å². The third kappa shape index (κ3) is 9.39. The number of nitrogens with zero attached hydrogens (tertiary/aromatic N) is 1. The van der Waals surface area contributed by atoms with E-state index in [9.17, 15) is 0 Å². The van der Waals surface area contributed by atoms with Crippen molar-refractivity contribution < 1.29 is 26.4 Å². The zero-order chi connectivity index (χ0) is 22.2. The Kier molecular flexibility index (Phi) is 11.3. The van der Waals surface area contributed by atoms with Crippen molar-refractivity contribution in [1.29, 1.82) is 0 Å². The lowest BCUT2D eigenvalue weighted by Gasteiger charge is -2.44. The van der Waals surface area contributed by atoms with Gasteiger partial charge in [0.05, 0.1) is 27.2 Å². The van der Waals surface area contributed by atoms with E-state index in [1.54, 1.807) is 0 Å². The first-order valence-electron chi connectivity index (χ1n) is 11.6. The quantitative estimate of drug-likeness (QED) is 0.276. The minimum atomic E-state index is 0. The van der Waals surface area contributed by atoms with Crippen LogP contribution in [0.3, 0.4) is 0 Å². The summed E-state index contributed by atoms with van der Waals surface area (Å²) in [7, 11) is 4.60. The summed E-state index contributed by atoms with van der Waals surface area (Å²) in [5.74, 6) is 2.28. The summed E-state index contributed by atoms with van der Waals surface area (Å²) in [5, 5.41) is 0. The monoisotopic (exact) mass is 449 g/mol. The molecular formula is C27H44ClNO2. The van der Waals surface area contributed by atoms with E-state index < -0.39 is 0 Å². The predicted octanol–water partition coefficient (Wildman–Crippen LogP) is 3.47. The van der Waals surface area contributed by atoms with Crippen LogP contribution in [0.15, 0.2) is 54.1 Å². The number of para-hydroxylation sites is 1. The van der Waals surface area contributed by atoms with Gasteiger partial charge in [-0.3, -0.25) is 0 Å². The first-order chi connectivity index (χ1) is 14.1. The van der Waals surface area contributed by atoms with Gasteiger partial charge < -0.3 is 26.4 Å². The van der Waals surface area contributed by atoms with Gasteiger partial charge in [0.2, 0.25) is 0 Å². The normalized spacial score (nSPS) is 19.8. The molecule has 0 heterocycles. The summed E-state index contributed by atoms with van der Waals surface area (Å²) in [6.45, 7) is 13.7. The predicted molar refractivity (Wildman–Crippen MR) is 128 cm³/mol. The lowest BCUT2D eigenvalue weighted by molar-refractivity contribution is -0.940. The van der Waals surface area contributed by atoms with Crippen molar-refractivity contribution in [1.82, 2.24) is 0 Å². The van der Waals surface area contributed by atoms with Gasteiger partial charge in [-0.25, -0.2) is 0 Å². The van der Waals surface area contributed by atoms with E-state index >= 15 is 0 Å². The molecule has 4 heteroatoms. The minimum absolute atomic E-state index is 0. The van der Waals surface area contributed by atoms with Gasteiger partial charge in [-0.2, -0.15) is 0 Å². The molecule has 0 aromatic heterocycles. The van der Waals surface area contributed by atoms with Crippen LogP contribution in [0.4, 0.5) is 0 Å². The summed E-state index contributed by atoms with van der Waals surface area (Å²) in [6.07, 6.45) is 11.0. The Bertz CT molecular complexity index is 696. The van der Waals surface area contributed by atoms with Crippen LogP contribution in [0.5, 0.6) is 5.75 Å². The molecule has 1 aliphatic carbocycles. The summed E-state index contributed by atoms with van der Waals surface area (Å²) in [4.78, 5) is 0. The van der Waals surface area contributed by atoms with Crippen molar-refractivity contribution in [2.24, 2.45) is 17.3 Å². The fourth-order valence-electron chi connectivity index (χ4n) is 4.56. The lowest BCUT2D eigenvalue weighted by Crippen LogP contribution is -3.00. The highest BCUT2D eigenvalue weighted by Gasteiger charge is 2.39. The first-order valence-corrected chi connectivity index (χ1v) is 11.6. The highest BCUT2D eigenvalue weighted by molar-refractivity contribution is 5.27. The number of allylic oxidation sites excluding steroid dienone is 3. The minimum Gasteiger partial charge on any atom is -1.00 e. The molecule has 0 amide bonds. The Hall–Kier alpha value is -1.29. The molecule has 2 rings (SSSR count). The van der Waals surface area contributed by atoms with Crippen molar-refractivity contribution in [3.05, 3.63) is 54.1 Å². The van der Waals surface area contributed by atoms with Crippen LogP contribution < -0.4 is 17.1 Å². The van der Waals surface area contributed by atoms with E-state index in [1.165, 1.54) is 18.4 Å². The Morgan fingerprint density at radius 2 is 1.65 bits per heavy atom. The summed E-state index contributed by atoms with van der Waals surface area (Å²) in [6, 6.07) is 9.95. The molecule has 176 valence electrons. The molecule has 0 spiro atoms. The molecule has 2 unspecified atom stereocenters. The van der Waals surface area contributed by atoms with Crippen LogP contribution in [0.1, 0.15) is 53.9 Å². The zero-order valence-corrected chi connectivity index (χ0v) is 21.5. The van der Waals surface area contributed by atoms with Gasteiger partial charge in [0.25, 0.3) is 0 Å². The molecule has 3 nitrogen and oxygen atoms in total.